The molecule has 0 bridgehead atoms. The molecule has 1 aliphatic heterocycles. The highest BCUT2D eigenvalue weighted by molar-refractivity contribution is 6.21. The molecule has 0 atom stereocenters. The number of amides is 2. The Hall–Kier alpha value is -4.91. The summed E-state index contributed by atoms with van der Waals surface area (Å²) in [5, 5.41) is 0. The molecule has 196 valence electrons. The predicted octanol–water partition coefficient (Wildman–Crippen LogP) is 4.90. The molecule has 1 aliphatic rings. The summed E-state index contributed by atoms with van der Waals surface area (Å²) in [4.78, 5) is 32.0. The van der Waals surface area contributed by atoms with Gasteiger partial charge in [0, 0.05) is 40.4 Å². The zero-order valence-electron chi connectivity index (χ0n) is 21.9. The summed E-state index contributed by atoms with van der Waals surface area (Å²) >= 11 is 0. The Balaban J connectivity index is 1.71. The minimum absolute atomic E-state index is 0.0358. The van der Waals surface area contributed by atoms with Gasteiger partial charge in [-0.05, 0) is 36.2 Å². The fourth-order valence-electron chi connectivity index (χ4n) is 4.88. The summed E-state index contributed by atoms with van der Waals surface area (Å²) in [7, 11) is 3.24. The van der Waals surface area contributed by atoms with Crippen molar-refractivity contribution >= 4 is 23.2 Å². The van der Waals surface area contributed by atoms with E-state index in [4.69, 9.17) is 20.2 Å². The third kappa shape index (κ3) is 5.25. The maximum atomic E-state index is 13.5. The topological polar surface area (TPSA) is 94.2 Å². The molecule has 7 heteroatoms. The molecule has 0 unspecified atom stereocenters. The second kappa shape index (κ2) is 11.2. The fraction of sp³-hybridized carbons (Fsp3) is 0.156. The fourth-order valence-corrected chi connectivity index (χ4v) is 4.88. The summed E-state index contributed by atoms with van der Waals surface area (Å²) < 4.78 is 11.5. The molecule has 7 nitrogen and oxygen atoms in total. The summed E-state index contributed by atoms with van der Waals surface area (Å²) in [6, 6.07) is 28.6. The van der Waals surface area contributed by atoms with E-state index in [-0.39, 0.29) is 12.5 Å². The third-order valence-electron chi connectivity index (χ3n) is 6.82. The number of aliphatic imine (C=N–C) groups is 1. The molecule has 2 amide bonds. The van der Waals surface area contributed by atoms with Gasteiger partial charge >= 0.3 is 0 Å². The second-order valence-electron chi connectivity index (χ2n) is 9.16. The monoisotopic (exact) mass is 519 g/mol. The number of hydrogen-bond donors (Lipinski definition) is 1. The number of benzodiazepines with no additional fused rings is 1. The van der Waals surface area contributed by atoms with Crippen LogP contribution in [0.5, 0.6) is 11.5 Å². The Bertz CT molecular complexity index is 1560. The number of carbonyl (C=O) groups is 2. The lowest BCUT2D eigenvalue weighted by molar-refractivity contribution is -0.117. The van der Waals surface area contributed by atoms with E-state index in [2.05, 4.69) is 0 Å². The van der Waals surface area contributed by atoms with Gasteiger partial charge in [-0.15, -0.1) is 0 Å². The first-order valence-corrected chi connectivity index (χ1v) is 12.6. The van der Waals surface area contributed by atoms with Crippen LogP contribution in [0.15, 0.2) is 96.0 Å². The molecule has 0 spiro atoms. The zero-order valence-corrected chi connectivity index (χ0v) is 21.9. The van der Waals surface area contributed by atoms with Gasteiger partial charge in [0.1, 0.15) is 18.0 Å². The number of nitrogens with zero attached hydrogens (tertiary/aromatic N) is 2. The number of nitrogens with two attached hydrogens (primary N) is 1. The largest absolute Gasteiger partial charge is 0.496 e. The first-order chi connectivity index (χ1) is 19.0. The number of fused-ring (bicyclic) bond motifs is 1. The molecule has 0 fully saturated rings. The SMILES string of the molecule is COc1ccccc1-c1cc2c(cc1OC)N(CCc1ccccc1)C(=O)CN=C2c1cccc(C(N)=O)c1. The van der Waals surface area contributed by atoms with E-state index in [1.807, 2.05) is 72.8 Å². The maximum absolute atomic E-state index is 13.5. The highest BCUT2D eigenvalue weighted by atomic mass is 16.5. The van der Waals surface area contributed by atoms with Crippen molar-refractivity contribution in [2.75, 3.05) is 32.2 Å². The molecular weight excluding hydrogens is 490 g/mol. The van der Waals surface area contributed by atoms with Crippen LogP contribution in [0.1, 0.15) is 27.0 Å². The molecule has 39 heavy (non-hydrogen) atoms. The number of methoxy groups -OCH3 is 2. The Morgan fingerprint density at radius 2 is 1.59 bits per heavy atom. The first-order valence-electron chi connectivity index (χ1n) is 12.6. The van der Waals surface area contributed by atoms with Crippen molar-refractivity contribution in [2.24, 2.45) is 10.7 Å². The van der Waals surface area contributed by atoms with Crippen LogP contribution in [0, 0.1) is 0 Å². The van der Waals surface area contributed by atoms with Gasteiger partial charge in [-0.2, -0.15) is 0 Å². The van der Waals surface area contributed by atoms with Gasteiger partial charge in [0.05, 0.1) is 25.6 Å². The Morgan fingerprint density at radius 1 is 0.846 bits per heavy atom. The number of primary amides is 1. The Morgan fingerprint density at radius 3 is 2.33 bits per heavy atom. The van der Waals surface area contributed by atoms with Crippen LogP contribution in [0.3, 0.4) is 0 Å². The molecule has 0 saturated heterocycles. The van der Waals surface area contributed by atoms with Gasteiger partial charge in [-0.25, -0.2) is 0 Å². The standard InChI is InChI=1S/C32H29N3O4/c1-38-28-14-7-6-13-24(28)25-18-26-27(19-29(25)39-2)35(16-15-21-9-4-3-5-10-21)30(36)20-34-31(26)22-11-8-12-23(17-22)32(33)37/h3-14,17-19H,15-16,20H2,1-2H3,(H2,33,37). The quantitative estimate of drug-likeness (QED) is 0.358. The first kappa shape index (κ1) is 25.7. The minimum Gasteiger partial charge on any atom is -0.496 e. The van der Waals surface area contributed by atoms with Crippen LogP contribution >= 0.6 is 0 Å². The molecule has 4 aromatic carbocycles. The van der Waals surface area contributed by atoms with Crippen molar-refractivity contribution in [3.05, 3.63) is 113 Å². The van der Waals surface area contributed by atoms with Crippen molar-refractivity contribution in [3.63, 3.8) is 0 Å². The van der Waals surface area contributed by atoms with Gasteiger partial charge in [0.2, 0.25) is 11.8 Å². The van der Waals surface area contributed by atoms with Crippen molar-refractivity contribution in [1.29, 1.82) is 0 Å². The average molecular weight is 520 g/mol. The molecule has 0 aliphatic carbocycles. The van der Waals surface area contributed by atoms with Crippen LogP contribution in [-0.4, -0.2) is 44.8 Å². The number of hydrogen-bond acceptors (Lipinski definition) is 5. The van der Waals surface area contributed by atoms with Crippen molar-refractivity contribution in [2.45, 2.75) is 6.42 Å². The number of para-hydroxylation sites is 1. The van der Waals surface area contributed by atoms with Gasteiger partial charge in [-0.3, -0.25) is 14.6 Å². The molecule has 0 saturated carbocycles. The molecule has 1 heterocycles. The van der Waals surface area contributed by atoms with Gasteiger partial charge in [0.25, 0.3) is 0 Å². The van der Waals surface area contributed by atoms with Crippen molar-refractivity contribution in [3.8, 4) is 22.6 Å². The molecule has 0 radical (unpaired) electrons. The minimum atomic E-state index is -0.531. The smallest absolute Gasteiger partial charge is 0.248 e. The number of carbonyl (C=O) groups excluding carboxylic acids is 2. The van der Waals surface area contributed by atoms with Gasteiger partial charge in [-0.1, -0.05) is 60.7 Å². The van der Waals surface area contributed by atoms with E-state index in [9.17, 15) is 9.59 Å². The Kier molecular flexibility index (Phi) is 7.41. The molecule has 5 rings (SSSR count). The number of anilines is 1. The van der Waals surface area contributed by atoms with Gasteiger partial charge in [0.15, 0.2) is 0 Å². The van der Waals surface area contributed by atoms with Gasteiger partial charge < -0.3 is 20.1 Å². The van der Waals surface area contributed by atoms with E-state index in [1.54, 1.807) is 37.3 Å². The number of rotatable bonds is 8. The van der Waals surface area contributed by atoms with E-state index in [0.717, 1.165) is 22.3 Å². The highest BCUT2D eigenvalue weighted by Crippen LogP contribution is 2.42. The lowest BCUT2D eigenvalue weighted by Gasteiger charge is -2.25. The predicted molar refractivity (Wildman–Crippen MR) is 153 cm³/mol. The number of ether oxygens (including phenoxy) is 2. The molecule has 2 N–H and O–H groups in total. The van der Waals surface area contributed by atoms with E-state index in [1.165, 1.54) is 0 Å². The molecule has 4 aromatic rings. The van der Waals surface area contributed by atoms with Crippen LogP contribution in [0.25, 0.3) is 11.1 Å². The van der Waals surface area contributed by atoms with E-state index >= 15 is 0 Å². The lowest BCUT2D eigenvalue weighted by atomic mass is 9.93. The van der Waals surface area contributed by atoms with Crippen LogP contribution in [0.4, 0.5) is 5.69 Å². The normalized spacial score (nSPS) is 12.8. The lowest BCUT2D eigenvalue weighted by Crippen LogP contribution is -2.34. The average Bonchev–Trinajstić information content (AvgIpc) is 3.11. The summed E-state index contributed by atoms with van der Waals surface area (Å²) in [6.07, 6.45) is 0.676. The highest BCUT2D eigenvalue weighted by Gasteiger charge is 2.28. The van der Waals surface area contributed by atoms with Crippen molar-refractivity contribution in [1.82, 2.24) is 0 Å². The third-order valence-corrected chi connectivity index (χ3v) is 6.82. The van der Waals surface area contributed by atoms with Crippen LogP contribution in [-0.2, 0) is 11.2 Å². The van der Waals surface area contributed by atoms with E-state index in [0.29, 0.717) is 47.0 Å². The Labute approximate surface area is 227 Å². The molecular formula is C32H29N3O4. The van der Waals surface area contributed by atoms with Crippen molar-refractivity contribution < 1.29 is 19.1 Å². The second-order valence-corrected chi connectivity index (χ2v) is 9.16. The zero-order chi connectivity index (χ0) is 27.4. The van der Waals surface area contributed by atoms with Crippen LogP contribution in [0.2, 0.25) is 0 Å². The molecule has 0 aromatic heterocycles. The summed E-state index contributed by atoms with van der Waals surface area (Å²) in [6.45, 7) is 0.434. The number of benzene rings is 4. The summed E-state index contributed by atoms with van der Waals surface area (Å²) in [5.41, 5.74) is 11.4. The maximum Gasteiger partial charge on any atom is 0.248 e. The summed E-state index contributed by atoms with van der Waals surface area (Å²) in [5.74, 6) is 0.634. The van der Waals surface area contributed by atoms with E-state index < -0.39 is 5.91 Å². The van der Waals surface area contributed by atoms with Crippen LogP contribution < -0.4 is 20.1 Å².